The van der Waals surface area contributed by atoms with Gasteiger partial charge in [0.05, 0.1) is 16.4 Å². The van der Waals surface area contributed by atoms with Gasteiger partial charge in [-0.15, -0.1) is 0 Å². The largest absolute Gasteiger partial charge is 0.281 e. The van der Waals surface area contributed by atoms with E-state index >= 15 is 0 Å². The fourth-order valence-electron chi connectivity index (χ4n) is 4.13. The molecule has 0 aliphatic carbocycles. The number of aromatic nitrogens is 3. The average Bonchev–Trinajstić information content (AvgIpc) is 2.84. The van der Waals surface area contributed by atoms with Crippen LogP contribution < -0.4 is 5.56 Å². The lowest BCUT2D eigenvalue weighted by molar-refractivity contribution is 1.10. The molecule has 2 aromatic heterocycles. The summed E-state index contributed by atoms with van der Waals surface area (Å²) in [6.07, 6.45) is 0. The highest BCUT2D eigenvalue weighted by molar-refractivity contribution is 5.98. The molecule has 6 aromatic rings. The molecule has 2 heterocycles. The SMILES string of the molecule is O=c1nc2c3cc(-c4ccccc4)ccc3nc(-c3ccccc3)n2c2ccccc12. The van der Waals surface area contributed by atoms with Crippen molar-refractivity contribution in [1.29, 1.82) is 0 Å². The molecule has 0 bridgehead atoms. The summed E-state index contributed by atoms with van der Waals surface area (Å²) in [4.78, 5) is 22.4. The summed E-state index contributed by atoms with van der Waals surface area (Å²) in [7, 11) is 0. The van der Waals surface area contributed by atoms with Gasteiger partial charge in [0.15, 0.2) is 5.65 Å². The lowest BCUT2D eigenvalue weighted by Gasteiger charge is -2.14. The maximum absolute atomic E-state index is 12.9. The maximum atomic E-state index is 12.9. The van der Waals surface area contributed by atoms with Crippen LogP contribution in [0, 0.1) is 0 Å². The van der Waals surface area contributed by atoms with Crippen molar-refractivity contribution in [3.63, 3.8) is 0 Å². The summed E-state index contributed by atoms with van der Waals surface area (Å²) < 4.78 is 2.00. The molecule has 146 valence electrons. The minimum Gasteiger partial charge on any atom is -0.277 e. The molecule has 0 unspecified atom stereocenters. The molecule has 0 amide bonds. The van der Waals surface area contributed by atoms with Crippen LogP contribution in [0.15, 0.2) is 108 Å². The number of para-hydroxylation sites is 1. The fraction of sp³-hybridized carbons (Fsp3) is 0. The van der Waals surface area contributed by atoms with Crippen LogP contribution in [0.2, 0.25) is 0 Å². The fourth-order valence-corrected chi connectivity index (χ4v) is 4.13. The molecular formula is C27H17N3O. The quantitative estimate of drug-likeness (QED) is 0.349. The average molecular weight is 399 g/mol. The Hall–Kier alpha value is -4.31. The first-order chi connectivity index (χ1) is 15.3. The molecule has 4 heteroatoms. The highest BCUT2D eigenvalue weighted by Gasteiger charge is 2.15. The zero-order valence-corrected chi connectivity index (χ0v) is 16.6. The molecule has 0 radical (unpaired) electrons. The Morgan fingerprint density at radius 1 is 0.581 bits per heavy atom. The Labute approximate surface area is 178 Å². The third-order valence-corrected chi connectivity index (χ3v) is 5.61. The van der Waals surface area contributed by atoms with Gasteiger partial charge in [0.1, 0.15) is 5.82 Å². The van der Waals surface area contributed by atoms with Gasteiger partial charge in [-0.3, -0.25) is 9.20 Å². The Morgan fingerprint density at radius 3 is 2.03 bits per heavy atom. The van der Waals surface area contributed by atoms with Crippen molar-refractivity contribution in [2.45, 2.75) is 0 Å². The van der Waals surface area contributed by atoms with Crippen molar-refractivity contribution < 1.29 is 0 Å². The zero-order chi connectivity index (χ0) is 20.8. The second kappa shape index (κ2) is 6.89. The Kier molecular flexibility index (Phi) is 3.90. The van der Waals surface area contributed by atoms with Crippen LogP contribution in [0.25, 0.3) is 50.0 Å². The van der Waals surface area contributed by atoms with Gasteiger partial charge in [0.25, 0.3) is 5.56 Å². The van der Waals surface area contributed by atoms with Gasteiger partial charge in [-0.2, -0.15) is 4.98 Å². The van der Waals surface area contributed by atoms with E-state index in [2.05, 4.69) is 29.2 Å². The van der Waals surface area contributed by atoms with Gasteiger partial charge in [-0.05, 0) is 35.4 Å². The molecule has 0 aliphatic rings. The zero-order valence-electron chi connectivity index (χ0n) is 16.6. The standard InChI is InChI=1S/C27H17N3O/c31-27-21-13-7-8-14-24(21)30-25(19-11-5-2-6-12-19)28-23-16-15-20(17-22(23)26(30)29-27)18-9-3-1-4-10-18/h1-17H. The topological polar surface area (TPSA) is 47.3 Å². The van der Waals surface area contributed by atoms with Crippen LogP contribution in [-0.2, 0) is 0 Å². The molecule has 0 atom stereocenters. The summed E-state index contributed by atoms with van der Waals surface area (Å²) in [5, 5.41) is 1.43. The molecular weight excluding hydrogens is 382 g/mol. The van der Waals surface area contributed by atoms with Crippen molar-refractivity contribution in [3.8, 4) is 22.5 Å². The van der Waals surface area contributed by atoms with Crippen molar-refractivity contribution in [3.05, 3.63) is 113 Å². The van der Waals surface area contributed by atoms with Crippen LogP contribution in [0.5, 0.6) is 0 Å². The number of fused-ring (bicyclic) bond motifs is 5. The molecule has 6 rings (SSSR count). The first kappa shape index (κ1) is 17.5. The minimum absolute atomic E-state index is 0.229. The number of nitrogens with zero attached hydrogens (tertiary/aromatic N) is 3. The molecule has 31 heavy (non-hydrogen) atoms. The Balaban J connectivity index is 1.80. The second-order valence-corrected chi connectivity index (χ2v) is 7.49. The number of hydrogen-bond donors (Lipinski definition) is 0. The smallest absolute Gasteiger partial charge is 0.277 e. The van der Waals surface area contributed by atoms with E-state index in [4.69, 9.17) is 4.98 Å². The van der Waals surface area contributed by atoms with Gasteiger partial charge < -0.3 is 0 Å². The second-order valence-electron chi connectivity index (χ2n) is 7.49. The number of benzene rings is 4. The number of rotatable bonds is 2. The number of hydrogen-bond acceptors (Lipinski definition) is 3. The van der Waals surface area contributed by atoms with Crippen LogP contribution in [0.3, 0.4) is 0 Å². The molecule has 0 saturated heterocycles. The van der Waals surface area contributed by atoms with Gasteiger partial charge in [-0.1, -0.05) is 78.9 Å². The molecule has 0 spiro atoms. The monoisotopic (exact) mass is 399 g/mol. The molecule has 0 fully saturated rings. The molecule has 4 aromatic carbocycles. The van der Waals surface area contributed by atoms with Gasteiger partial charge >= 0.3 is 0 Å². The van der Waals surface area contributed by atoms with Crippen molar-refractivity contribution in [2.75, 3.05) is 0 Å². The van der Waals surface area contributed by atoms with Crippen LogP contribution >= 0.6 is 0 Å². The third-order valence-electron chi connectivity index (χ3n) is 5.61. The lowest BCUT2D eigenvalue weighted by atomic mass is 10.0. The first-order valence-electron chi connectivity index (χ1n) is 10.2. The summed E-state index contributed by atoms with van der Waals surface area (Å²) in [5.41, 5.74) is 5.13. The van der Waals surface area contributed by atoms with E-state index in [0.29, 0.717) is 11.0 Å². The van der Waals surface area contributed by atoms with Gasteiger partial charge in [0, 0.05) is 10.9 Å². The molecule has 0 aliphatic heterocycles. The third kappa shape index (κ3) is 2.81. The van der Waals surface area contributed by atoms with E-state index in [1.54, 1.807) is 0 Å². The molecule has 4 nitrogen and oxygen atoms in total. The van der Waals surface area contributed by atoms with E-state index in [1.165, 1.54) is 0 Å². The highest BCUT2D eigenvalue weighted by atomic mass is 16.1. The van der Waals surface area contributed by atoms with Crippen molar-refractivity contribution >= 4 is 27.5 Å². The predicted molar refractivity (Wildman–Crippen MR) is 125 cm³/mol. The van der Waals surface area contributed by atoms with Crippen LogP contribution in [-0.4, -0.2) is 14.4 Å². The summed E-state index contributed by atoms with van der Waals surface area (Å²) in [5.74, 6) is 0.763. The van der Waals surface area contributed by atoms with Crippen LogP contribution in [0.1, 0.15) is 0 Å². The molecule has 0 N–H and O–H groups in total. The highest BCUT2D eigenvalue weighted by Crippen LogP contribution is 2.30. The van der Waals surface area contributed by atoms with E-state index in [-0.39, 0.29) is 5.56 Å². The van der Waals surface area contributed by atoms with Gasteiger partial charge in [-0.25, -0.2) is 4.98 Å². The summed E-state index contributed by atoms with van der Waals surface area (Å²) >= 11 is 0. The van der Waals surface area contributed by atoms with Crippen molar-refractivity contribution in [2.24, 2.45) is 0 Å². The Morgan fingerprint density at radius 2 is 1.26 bits per heavy atom. The molecule has 0 saturated carbocycles. The predicted octanol–water partition coefficient (Wildman–Crippen LogP) is 5.73. The minimum atomic E-state index is -0.229. The summed E-state index contributed by atoms with van der Waals surface area (Å²) in [6.45, 7) is 0. The van der Waals surface area contributed by atoms with Gasteiger partial charge in [0.2, 0.25) is 0 Å². The van der Waals surface area contributed by atoms with Crippen molar-refractivity contribution in [1.82, 2.24) is 14.4 Å². The Bertz CT molecular complexity index is 1640. The first-order valence-corrected chi connectivity index (χ1v) is 10.2. The summed E-state index contributed by atoms with van der Waals surface area (Å²) in [6, 6.07) is 33.9. The maximum Gasteiger partial charge on any atom is 0.281 e. The van der Waals surface area contributed by atoms with E-state index in [9.17, 15) is 4.79 Å². The van der Waals surface area contributed by atoms with E-state index in [1.807, 2.05) is 83.3 Å². The van der Waals surface area contributed by atoms with Crippen LogP contribution in [0.4, 0.5) is 0 Å². The lowest BCUT2D eigenvalue weighted by Crippen LogP contribution is -2.13. The van der Waals surface area contributed by atoms with E-state index in [0.717, 1.165) is 38.9 Å². The normalized spacial score (nSPS) is 11.4. The van der Waals surface area contributed by atoms with E-state index < -0.39 is 0 Å².